The Morgan fingerprint density at radius 1 is 1.19 bits per heavy atom. The van der Waals surface area contributed by atoms with E-state index in [2.05, 4.69) is 29.2 Å². The van der Waals surface area contributed by atoms with E-state index in [1.807, 2.05) is 0 Å². The summed E-state index contributed by atoms with van der Waals surface area (Å²) >= 11 is 0. The number of hydrogen-bond acceptors (Lipinski definition) is 3. The van der Waals surface area contributed by atoms with E-state index >= 15 is 0 Å². The molecule has 2 heterocycles. The monoisotopic (exact) mass is 291 g/mol. The standard InChI is InChI=1S/C10H21N3.3ClH/c1-12(2)7-8-13-6-4-9-10(13)3-5-11-9;;;/h9-11H,3-8H2,1-2H3;3*1H/t9-,10+;;;/m1.../s1. The molecule has 0 spiro atoms. The van der Waals surface area contributed by atoms with Crippen molar-refractivity contribution in [3.8, 4) is 0 Å². The highest BCUT2D eigenvalue weighted by Crippen LogP contribution is 2.24. The quantitative estimate of drug-likeness (QED) is 0.845. The van der Waals surface area contributed by atoms with Crippen LogP contribution in [0.1, 0.15) is 12.8 Å². The fourth-order valence-corrected chi connectivity index (χ4v) is 2.56. The average Bonchev–Trinajstić information content (AvgIpc) is 2.60. The molecule has 0 bridgehead atoms. The lowest BCUT2D eigenvalue weighted by Gasteiger charge is -2.24. The second-order valence-electron chi connectivity index (χ2n) is 4.54. The van der Waals surface area contributed by atoms with Crippen molar-refractivity contribution in [3.63, 3.8) is 0 Å². The molecule has 3 nitrogen and oxygen atoms in total. The Hall–Kier alpha value is 0.750. The summed E-state index contributed by atoms with van der Waals surface area (Å²) in [6.45, 7) is 4.98. The van der Waals surface area contributed by atoms with Gasteiger partial charge in [0.1, 0.15) is 0 Å². The van der Waals surface area contributed by atoms with Crippen LogP contribution in [0.15, 0.2) is 0 Å². The van der Waals surface area contributed by atoms with Crippen molar-refractivity contribution in [2.45, 2.75) is 24.9 Å². The molecule has 2 atom stereocenters. The van der Waals surface area contributed by atoms with Crippen LogP contribution in [0.2, 0.25) is 0 Å². The zero-order chi connectivity index (χ0) is 9.26. The maximum absolute atomic E-state index is 3.58. The Bertz CT molecular complexity index is 181. The van der Waals surface area contributed by atoms with Gasteiger partial charge in [-0.1, -0.05) is 0 Å². The lowest BCUT2D eigenvalue weighted by Crippen LogP contribution is -2.38. The Labute approximate surface area is 118 Å². The van der Waals surface area contributed by atoms with Gasteiger partial charge in [-0.2, -0.15) is 0 Å². The molecular weight excluding hydrogens is 268 g/mol. The minimum atomic E-state index is 0. The molecule has 2 fully saturated rings. The Morgan fingerprint density at radius 3 is 2.50 bits per heavy atom. The van der Waals surface area contributed by atoms with E-state index in [1.54, 1.807) is 0 Å². The van der Waals surface area contributed by atoms with Crippen molar-refractivity contribution in [2.24, 2.45) is 0 Å². The number of fused-ring (bicyclic) bond motifs is 1. The van der Waals surface area contributed by atoms with Crippen molar-refractivity contribution < 1.29 is 0 Å². The molecule has 0 unspecified atom stereocenters. The Morgan fingerprint density at radius 2 is 1.88 bits per heavy atom. The molecule has 0 radical (unpaired) electrons. The predicted octanol–water partition coefficient (Wildman–Crippen LogP) is 1.25. The van der Waals surface area contributed by atoms with Gasteiger partial charge in [-0.3, -0.25) is 4.90 Å². The first-order valence-corrected chi connectivity index (χ1v) is 5.39. The summed E-state index contributed by atoms with van der Waals surface area (Å²) in [6, 6.07) is 1.65. The zero-order valence-electron chi connectivity index (χ0n) is 10.0. The number of nitrogens with zero attached hydrogens (tertiary/aromatic N) is 2. The van der Waals surface area contributed by atoms with Crippen LogP contribution >= 0.6 is 37.2 Å². The van der Waals surface area contributed by atoms with Crippen LogP contribution < -0.4 is 5.32 Å². The van der Waals surface area contributed by atoms with Crippen LogP contribution in [0.5, 0.6) is 0 Å². The first-order chi connectivity index (χ1) is 6.27. The summed E-state index contributed by atoms with van der Waals surface area (Å²) in [5.74, 6) is 0. The fraction of sp³-hybridized carbons (Fsp3) is 1.00. The molecule has 16 heavy (non-hydrogen) atoms. The lowest BCUT2D eigenvalue weighted by molar-refractivity contribution is 0.225. The Balaban J connectivity index is 0. The topological polar surface area (TPSA) is 18.5 Å². The third kappa shape index (κ3) is 4.55. The Kier molecular flexibility index (Phi) is 10.5. The van der Waals surface area contributed by atoms with Gasteiger partial charge in [0.05, 0.1) is 0 Å². The molecule has 1 N–H and O–H groups in total. The largest absolute Gasteiger partial charge is 0.312 e. The molecule has 0 aromatic rings. The van der Waals surface area contributed by atoms with Crippen LogP contribution in [0.3, 0.4) is 0 Å². The summed E-state index contributed by atoms with van der Waals surface area (Å²) < 4.78 is 0. The molecule has 0 saturated carbocycles. The maximum atomic E-state index is 3.58. The highest BCUT2D eigenvalue weighted by atomic mass is 35.5. The van der Waals surface area contributed by atoms with Gasteiger partial charge in [-0.15, -0.1) is 37.2 Å². The normalized spacial score (nSPS) is 27.9. The highest BCUT2D eigenvalue weighted by molar-refractivity contribution is 5.86. The van der Waals surface area contributed by atoms with Gasteiger partial charge >= 0.3 is 0 Å². The van der Waals surface area contributed by atoms with E-state index in [0.717, 1.165) is 12.1 Å². The van der Waals surface area contributed by atoms with Crippen LogP contribution in [-0.4, -0.2) is 62.2 Å². The minimum absolute atomic E-state index is 0. The van der Waals surface area contributed by atoms with Crippen LogP contribution in [-0.2, 0) is 0 Å². The van der Waals surface area contributed by atoms with E-state index in [9.17, 15) is 0 Å². The molecule has 2 aliphatic rings. The second kappa shape index (κ2) is 8.78. The first kappa shape index (κ1) is 19.1. The van der Waals surface area contributed by atoms with Crippen molar-refractivity contribution in [2.75, 3.05) is 40.3 Å². The van der Waals surface area contributed by atoms with Crippen LogP contribution in [0.25, 0.3) is 0 Å². The molecule has 2 saturated heterocycles. The molecule has 0 amide bonds. The van der Waals surface area contributed by atoms with Gasteiger partial charge in [-0.25, -0.2) is 0 Å². The molecule has 2 rings (SSSR count). The van der Waals surface area contributed by atoms with E-state index in [0.29, 0.717) is 0 Å². The molecule has 0 aromatic carbocycles. The van der Waals surface area contributed by atoms with E-state index in [-0.39, 0.29) is 37.2 Å². The SMILES string of the molecule is CN(C)CCN1CC[C@H]2NCC[C@@H]21.Cl.Cl.Cl. The first-order valence-electron chi connectivity index (χ1n) is 5.39. The van der Waals surface area contributed by atoms with Gasteiger partial charge < -0.3 is 10.2 Å². The highest BCUT2D eigenvalue weighted by Gasteiger charge is 2.36. The predicted molar refractivity (Wildman–Crippen MR) is 76.7 cm³/mol. The molecule has 100 valence electrons. The summed E-state index contributed by atoms with van der Waals surface area (Å²) in [5.41, 5.74) is 0. The van der Waals surface area contributed by atoms with Gasteiger partial charge in [0.2, 0.25) is 0 Å². The second-order valence-corrected chi connectivity index (χ2v) is 4.54. The smallest absolute Gasteiger partial charge is 0.0262 e. The van der Waals surface area contributed by atoms with E-state index in [1.165, 1.54) is 39.0 Å². The van der Waals surface area contributed by atoms with Crippen molar-refractivity contribution in [3.05, 3.63) is 0 Å². The molecule has 0 aromatic heterocycles. The minimum Gasteiger partial charge on any atom is -0.312 e. The number of likely N-dealkylation sites (tertiary alicyclic amines) is 1. The van der Waals surface area contributed by atoms with Crippen molar-refractivity contribution in [1.29, 1.82) is 0 Å². The van der Waals surface area contributed by atoms with Gasteiger partial charge in [0.15, 0.2) is 0 Å². The molecule has 0 aliphatic carbocycles. The van der Waals surface area contributed by atoms with Gasteiger partial charge in [0.25, 0.3) is 0 Å². The number of halogens is 3. The number of rotatable bonds is 3. The number of likely N-dealkylation sites (N-methyl/N-ethyl adjacent to an activating group) is 1. The fourth-order valence-electron chi connectivity index (χ4n) is 2.56. The number of nitrogens with one attached hydrogen (secondary N) is 1. The van der Waals surface area contributed by atoms with E-state index in [4.69, 9.17) is 0 Å². The van der Waals surface area contributed by atoms with Crippen LogP contribution in [0.4, 0.5) is 0 Å². The summed E-state index contributed by atoms with van der Waals surface area (Å²) in [4.78, 5) is 4.93. The summed E-state index contributed by atoms with van der Waals surface area (Å²) in [5, 5.41) is 3.58. The third-order valence-corrected chi connectivity index (χ3v) is 3.34. The zero-order valence-corrected chi connectivity index (χ0v) is 12.5. The van der Waals surface area contributed by atoms with Crippen molar-refractivity contribution >= 4 is 37.2 Å². The van der Waals surface area contributed by atoms with Gasteiger partial charge in [-0.05, 0) is 33.5 Å². The molecule has 2 aliphatic heterocycles. The maximum Gasteiger partial charge on any atom is 0.0262 e. The van der Waals surface area contributed by atoms with E-state index < -0.39 is 0 Å². The van der Waals surface area contributed by atoms with Crippen molar-refractivity contribution in [1.82, 2.24) is 15.1 Å². The summed E-state index contributed by atoms with van der Waals surface area (Å²) in [6.07, 6.45) is 2.72. The molecule has 6 heteroatoms. The third-order valence-electron chi connectivity index (χ3n) is 3.34. The van der Waals surface area contributed by atoms with Crippen LogP contribution in [0, 0.1) is 0 Å². The number of hydrogen-bond donors (Lipinski definition) is 1. The summed E-state index contributed by atoms with van der Waals surface area (Å²) in [7, 11) is 4.31. The van der Waals surface area contributed by atoms with Gasteiger partial charge in [0, 0.05) is 31.7 Å². The average molecular weight is 293 g/mol. The lowest BCUT2D eigenvalue weighted by atomic mass is 10.1. The molecular formula is C10H24Cl3N3.